The molecule has 29 heavy (non-hydrogen) atoms. The number of rotatable bonds is 5. The maximum Gasteiger partial charge on any atom is 0.238 e. The monoisotopic (exact) mass is 409 g/mol. The molecule has 1 amide bonds. The lowest BCUT2D eigenvalue weighted by Gasteiger charge is -2.16. The smallest absolute Gasteiger partial charge is 0.238 e. The number of nitrogens with one attached hydrogen (secondary N) is 3. The maximum absolute atomic E-state index is 12.4. The zero-order chi connectivity index (χ0) is 20.8. The Morgan fingerprint density at radius 3 is 2.52 bits per heavy atom. The predicted octanol–water partition coefficient (Wildman–Crippen LogP) is 4.16. The van der Waals surface area contributed by atoms with Crippen LogP contribution in [0.4, 0.5) is 5.69 Å². The molecular weight excluding hydrogens is 382 g/mol. The Labute approximate surface area is 177 Å². The molecule has 1 aliphatic carbocycles. The summed E-state index contributed by atoms with van der Waals surface area (Å²) in [5.41, 5.74) is 11.7. The van der Waals surface area contributed by atoms with Crippen molar-refractivity contribution in [1.29, 1.82) is 0 Å². The summed E-state index contributed by atoms with van der Waals surface area (Å²) >= 11 is 5.22. The molecule has 0 spiro atoms. The second-order valence-electron chi connectivity index (χ2n) is 7.49. The lowest BCUT2D eigenvalue weighted by Crippen LogP contribution is -2.43. The zero-order valence-corrected chi connectivity index (χ0v) is 17.7. The molecule has 0 heterocycles. The summed E-state index contributed by atoms with van der Waals surface area (Å²) in [5.74, 6) is -0.286. The highest BCUT2D eigenvalue weighted by Gasteiger charge is 2.14. The number of thiocarbonyl (C=S) groups is 1. The fourth-order valence-corrected chi connectivity index (χ4v) is 3.67. The highest BCUT2D eigenvalue weighted by atomic mass is 32.1. The molecule has 0 aliphatic heterocycles. The number of benzene rings is 2. The summed E-state index contributed by atoms with van der Waals surface area (Å²) < 4.78 is 0. The Morgan fingerprint density at radius 2 is 1.72 bits per heavy atom. The Balaban J connectivity index is 1.44. The molecule has 2 aromatic rings. The van der Waals surface area contributed by atoms with E-state index in [1.54, 1.807) is 0 Å². The van der Waals surface area contributed by atoms with Gasteiger partial charge in [0, 0.05) is 24.1 Å². The van der Waals surface area contributed by atoms with Crippen LogP contribution in [-0.4, -0.2) is 16.8 Å². The van der Waals surface area contributed by atoms with E-state index in [1.807, 2.05) is 44.2 Å². The molecule has 0 aromatic heterocycles. The van der Waals surface area contributed by atoms with Gasteiger partial charge in [0.2, 0.25) is 5.91 Å². The lowest BCUT2D eigenvalue weighted by molar-refractivity contribution is -0.121. The first-order chi connectivity index (χ1) is 13.9. The number of ketones is 1. The first-order valence-corrected chi connectivity index (χ1v) is 10.4. The second-order valence-corrected chi connectivity index (χ2v) is 7.90. The summed E-state index contributed by atoms with van der Waals surface area (Å²) in [4.78, 5) is 24.5. The number of amides is 1. The molecule has 1 aliphatic rings. The van der Waals surface area contributed by atoms with E-state index >= 15 is 0 Å². The largest absolute Gasteiger partial charge is 0.331 e. The van der Waals surface area contributed by atoms with Gasteiger partial charge in [0.25, 0.3) is 0 Å². The average molecular weight is 410 g/mol. The van der Waals surface area contributed by atoms with Crippen molar-refractivity contribution in [2.75, 3.05) is 5.32 Å². The summed E-state index contributed by atoms with van der Waals surface area (Å²) in [6, 6.07) is 11.8. The Bertz CT molecular complexity index is 940. The van der Waals surface area contributed by atoms with Crippen molar-refractivity contribution in [2.45, 2.75) is 52.4 Å². The van der Waals surface area contributed by atoms with Crippen LogP contribution < -0.4 is 16.2 Å². The molecule has 3 N–H and O–H groups in total. The van der Waals surface area contributed by atoms with E-state index in [0.717, 1.165) is 29.7 Å². The molecule has 0 saturated carbocycles. The van der Waals surface area contributed by atoms with E-state index in [2.05, 4.69) is 22.2 Å². The topological polar surface area (TPSA) is 70.2 Å². The van der Waals surface area contributed by atoms with Crippen LogP contribution in [0.25, 0.3) is 0 Å². The average Bonchev–Trinajstić information content (AvgIpc) is 2.73. The number of Topliss-reactive ketones (excluding diaryl/α,β-unsaturated/α-hetero) is 1. The van der Waals surface area contributed by atoms with Crippen LogP contribution in [0.2, 0.25) is 0 Å². The van der Waals surface area contributed by atoms with Crippen molar-refractivity contribution in [3.05, 3.63) is 64.2 Å². The molecule has 152 valence electrons. The Morgan fingerprint density at radius 1 is 0.966 bits per heavy atom. The Hall–Kier alpha value is -2.73. The van der Waals surface area contributed by atoms with Gasteiger partial charge in [-0.25, -0.2) is 0 Å². The first-order valence-electron chi connectivity index (χ1n) is 10.0. The van der Waals surface area contributed by atoms with E-state index in [4.69, 9.17) is 12.2 Å². The number of hydrazine groups is 1. The van der Waals surface area contributed by atoms with Gasteiger partial charge >= 0.3 is 0 Å². The quantitative estimate of drug-likeness (QED) is 0.393. The van der Waals surface area contributed by atoms with Crippen LogP contribution in [-0.2, 0) is 17.6 Å². The van der Waals surface area contributed by atoms with Crippen LogP contribution >= 0.6 is 12.2 Å². The van der Waals surface area contributed by atoms with Crippen molar-refractivity contribution in [3.8, 4) is 0 Å². The maximum atomic E-state index is 12.4. The second kappa shape index (κ2) is 9.65. The SMILES string of the molecule is Cc1cccc(NC(=S)NNC(=O)CCC(=O)c2ccc3c(c2)CCCC3)c1C. The fourth-order valence-electron chi connectivity index (χ4n) is 3.51. The van der Waals surface area contributed by atoms with E-state index in [0.29, 0.717) is 10.7 Å². The normalized spacial score (nSPS) is 12.6. The molecule has 3 rings (SSSR count). The summed E-state index contributed by atoms with van der Waals surface area (Å²) in [6.07, 6.45) is 4.79. The highest BCUT2D eigenvalue weighted by Crippen LogP contribution is 2.23. The number of carbonyl (C=O) groups excluding carboxylic acids is 2. The van der Waals surface area contributed by atoms with Gasteiger partial charge in [-0.15, -0.1) is 0 Å². The van der Waals surface area contributed by atoms with Gasteiger partial charge in [0.1, 0.15) is 0 Å². The molecule has 0 atom stereocenters. The van der Waals surface area contributed by atoms with Crippen LogP contribution in [0, 0.1) is 13.8 Å². The molecule has 0 saturated heterocycles. The molecule has 0 fully saturated rings. The van der Waals surface area contributed by atoms with Gasteiger partial charge in [0.15, 0.2) is 10.9 Å². The lowest BCUT2D eigenvalue weighted by atomic mass is 9.89. The number of hydrogen-bond acceptors (Lipinski definition) is 3. The van der Waals surface area contributed by atoms with Gasteiger partial charge < -0.3 is 5.32 Å². The van der Waals surface area contributed by atoms with Crippen molar-refractivity contribution in [3.63, 3.8) is 0 Å². The minimum absolute atomic E-state index is 0.00962. The van der Waals surface area contributed by atoms with E-state index in [9.17, 15) is 9.59 Å². The van der Waals surface area contributed by atoms with Crippen molar-refractivity contribution >= 4 is 34.7 Å². The number of aryl methyl sites for hydroxylation is 3. The summed E-state index contributed by atoms with van der Waals surface area (Å²) in [7, 11) is 0. The van der Waals surface area contributed by atoms with Gasteiger partial charge in [0.05, 0.1) is 0 Å². The van der Waals surface area contributed by atoms with Crippen molar-refractivity contribution < 1.29 is 9.59 Å². The Kier molecular flexibility index (Phi) is 6.99. The molecular formula is C23H27N3O2S. The van der Waals surface area contributed by atoms with E-state index < -0.39 is 0 Å². The van der Waals surface area contributed by atoms with Crippen LogP contribution in [0.5, 0.6) is 0 Å². The van der Waals surface area contributed by atoms with Gasteiger partial charge in [-0.2, -0.15) is 0 Å². The molecule has 6 heteroatoms. The number of hydrogen-bond donors (Lipinski definition) is 3. The third-order valence-corrected chi connectivity index (χ3v) is 5.62. The molecule has 0 unspecified atom stereocenters. The third kappa shape index (κ3) is 5.64. The molecule has 5 nitrogen and oxygen atoms in total. The fraction of sp³-hybridized carbons (Fsp3) is 0.348. The number of carbonyl (C=O) groups is 2. The summed E-state index contributed by atoms with van der Waals surface area (Å²) in [6.45, 7) is 4.03. The molecule has 2 aromatic carbocycles. The van der Waals surface area contributed by atoms with Crippen LogP contribution in [0.1, 0.15) is 58.3 Å². The van der Waals surface area contributed by atoms with E-state index in [-0.39, 0.29) is 24.5 Å². The van der Waals surface area contributed by atoms with Crippen molar-refractivity contribution in [2.24, 2.45) is 0 Å². The minimum Gasteiger partial charge on any atom is -0.331 e. The van der Waals surface area contributed by atoms with Crippen LogP contribution in [0.15, 0.2) is 36.4 Å². The van der Waals surface area contributed by atoms with Crippen LogP contribution in [0.3, 0.4) is 0 Å². The standard InChI is InChI=1S/C23H27N3O2S/c1-15-6-5-9-20(16(15)2)24-23(29)26-25-22(28)13-12-21(27)19-11-10-17-7-3-4-8-18(17)14-19/h5-6,9-11,14H,3-4,7-8,12-13H2,1-2H3,(H,25,28)(H2,24,26,29). The molecule has 0 bridgehead atoms. The predicted molar refractivity (Wildman–Crippen MR) is 120 cm³/mol. The first kappa shape index (κ1) is 21.0. The highest BCUT2D eigenvalue weighted by molar-refractivity contribution is 7.80. The van der Waals surface area contributed by atoms with Gasteiger partial charge in [-0.1, -0.05) is 24.3 Å². The zero-order valence-electron chi connectivity index (χ0n) is 16.9. The minimum atomic E-state index is -0.276. The van der Waals surface area contributed by atoms with Crippen molar-refractivity contribution in [1.82, 2.24) is 10.9 Å². The number of fused-ring (bicyclic) bond motifs is 1. The van der Waals surface area contributed by atoms with E-state index in [1.165, 1.54) is 24.0 Å². The molecule has 0 radical (unpaired) electrons. The third-order valence-electron chi connectivity index (χ3n) is 5.42. The summed E-state index contributed by atoms with van der Waals surface area (Å²) in [5, 5.41) is 3.36. The van der Waals surface area contributed by atoms with Gasteiger partial charge in [-0.05, 0) is 86.1 Å². The number of anilines is 1. The van der Waals surface area contributed by atoms with Gasteiger partial charge in [-0.3, -0.25) is 20.4 Å².